The fraction of sp³-hybridized carbons (Fsp3) is 0.538. The molecule has 0 bridgehead atoms. The predicted octanol–water partition coefficient (Wildman–Crippen LogP) is 5.40. The molecule has 0 unspecified atom stereocenters. The summed E-state index contributed by atoms with van der Waals surface area (Å²) in [4.78, 5) is 0. The minimum atomic E-state index is -0.0776. The summed E-state index contributed by atoms with van der Waals surface area (Å²) >= 11 is 6.51. The molecule has 0 aromatic heterocycles. The van der Waals surface area contributed by atoms with Crippen molar-refractivity contribution in [3.63, 3.8) is 0 Å². The number of rotatable bonds is 9. The van der Waals surface area contributed by atoms with Gasteiger partial charge in [-0.15, -0.1) is 0 Å². The van der Waals surface area contributed by atoms with Crippen LogP contribution in [0.5, 0.6) is 5.75 Å². The number of benzene rings is 2. The van der Waals surface area contributed by atoms with Crippen LogP contribution in [0, 0.1) is 5.41 Å². The fourth-order valence-corrected chi connectivity index (χ4v) is 4.94. The summed E-state index contributed by atoms with van der Waals surface area (Å²) in [6, 6.07) is 16.8. The number of halogens is 1. The van der Waals surface area contributed by atoms with Gasteiger partial charge in [-0.3, -0.25) is 0 Å². The van der Waals surface area contributed by atoms with E-state index in [1.165, 1.54) is 17.5 Å². The fourth-order valence-electron chi connectivity index (χ4n) is 4.74. The number of nitrogens with two attached hydrogens (primary N) is 1. The van der Waals surface area contributed by atoms with Gasteiger partial charge in [0.1, 0.15) is 12.3 Å². The lowest BCUT2D eigenvalue weighted by molar-refractivity contribution is -0.672. The third-order valence-corrected chi connectivity index (χ3v) is 6.37. The highest BCUT2D eigenvalue weighted by Gasteiger charge is 2.41. The Morgan fingerprint density at radius 3 is 2.50 bits per heavy atom. The third kappa shape index (κ3) is 6.73. The summed E-state index contributed by atoms with van der Waals surface area (Å²) in [6.07, 6.45) is 4.56. The Labute approximate surface area is 187 Å². The molecular weight excluding hydrogens is 394 g/mol. The van der Waals surface area contributed by atoms with Gasteiger partial charge in [0.05, 0.1) is 18.2 Å². The van der Waals surface area contributed by atoms with Crippen LogP contribution < -0.4 is 10.1 Å². The largest absolute Gasteiger partial charge is 0.491 e. The zero-order valence-electron chi connectivity index (χ0n) is 18.9. The van der Waals surface area contributed by atoms with Gasteiger partial charge in [-0.2, -0.15) is 0 Å². The average molecular weight is 431 g/mol. The average Bonchev–Trinajstić information content (AvgIpc) is 2.67. The van der Waals surface area contributed by atoms with E-state index in [4.69, 9.17) is 21.1 Å². The highest BCUT2D eigenvalue weighted by Crippen LogP contribution is 2.44. The molecule has 2 aromatic carbocycles. The van der Waals surface area contributed by atoms with Crippen molar-refractivity contribution in [2.75, 3.05) is 13.2 Å². The second kappa shape index (κ2) is 10.2. The Bertz CT molecular complexity index is 803. The molecule has 0 amide bonds. The van der Waals surface area contributed by atoms with E-state index < -0.39 is 0 Å². The highest BCUT2D eigenvalue weighted by molar-refractivity contribution is 6.31. The van der Waals surface area contributed by atoms with E-state index >= 15 is 0 Å². The minimum absolute atomic E-state index is 0.0776. The molecular formula is C26H37ClNO2+. The van der Waals surface area contributed by atoms with Gasteiger partial charge in [0.15, 0.2) is 0 Å². The van der Waals surface area contributed by atoms with E-state index in [0.29, 0.717) is 0 Å². The molecule has 0 aliphatic carbocycles. The highest BCUT2D eigenvalue weighted by atomic mass is 35.5. The molecule has 3 rings (SSSR count). The Morgan fingerprint density at radius 2 is 1.83 bits per heavy atom. The number of quaternary nitrogens is 1. The molecule has 164 valence electrons. The molecule has 1 fully saturated rings. The van der Waals surface area contributed by atoms with Crippen molar-refractivity contribution in [2.45, 2.75) is 71.6 Å². The first-order chi connectivity index (χ1) is 14.3. The van der Waals surface area contributed by atoms with E-state index in [9.17, 15) is 0 Å². The predicted molar refractivity (Wildman–Crippen MR) is 124 cm³/mol. The van der Waals surface area contributed by atoms with Crippen LogP contribution in [0.4, 0.5) is 0 Å². The summed E-state index contributed by atoms with van der Waals surface area (Å²) in [5.74, 6) is 0.942. The van der Waals surface area contributed by atoms with Crippen molar-refractivity contribution < 1.29 is 14.8 Å². The topological polar surface area (TPSA) is 35.1 Å². The number of hydrogen-bond acceptors (Lipinski definition) is 2. The van der Waals surface area contributed by atoms with Crippen molar-refractivity contribution in [3.05, 3.63) is 64.7 Å². The van der Waals surface area contributed by atoms with Crippen molar-refractivity contribution in [2.24, 2.45) is 5.41 Å². The molecule has 1 aliphatic rings. The van der Waals surface area contributed by atoms with Crippen LogP contribution in [0.3, 0.4) is 0 Å². The molecule has 1 aliphatic heterocycles. The van der Waals surface area contributed by atoms with Gasteiger partial charge in [0.25, 0.3) is 0 Å². The lowest BCUT2D eigenvalue weighted by Crippen LogP contribution is -2.83. The monoisotopic (exact) mass is 430 g/mol. The summed E-state index contributed by atoms with van der Waals surface area (Å²) in [5, 5.41) is 3.31. The molecule has 0 spiro atoms. The van der Waals surface area contributed by atoms with E-state index in [-0.39, 0.29) is 17.1 Å². The Kier molecular flexibility index (Phi) is 7.84. The van der Waals surface area contributed by atoms with Gasteiger partial charge in [0, 0.05) is 23.6 Å². The number of hydrogen-bond donors (Lipinski definition) is 1. The van der Waals surface area contributed by atoms with Gasteiger partial charge in [0.2, 0.25) is 0 Å². The molecule has 1 heterocycles. The molecule has 0 saturated carbocycles. The van der Waals surface area contributed by atoms with Crippen LogP contribution in [0.1, 0.15) is 58.1 Å². The van der Waals surface area contributed by atoms with E-state index in [0.717, 1.165) is 49.7 Å². The lowest BCUT2D eigenvalue weighted by Gasteiger charge is -2.45. The zero-order valence-corrected chi connectivity index (χ0v) is 19.7. The summed E-state index contributed by atoms with van der Waals surface area (Å²) in [6.45, 7) is 11.5. The normalized spacial score (nSPS) is 21.0. The molecule has 2 aromatic rings. The van der Waals surface area contributed by atoms with Gasteiger partial charge in [-0.25, -0.2) is 0 Å². The number of ether oxygens (including phenoxy) is 2. The van der Waals surface area contributed by atoms with Crippen LogP contribution >= 0.6 is 11.6 Å². The van der Waals surface area contributed by atoms with Gasteiger partial charge in [-0.05, 0) is 88.3 Å². The SMILES string of the molecule is CC(C)Oc1ccc(C[NH2+]CC[C@@]2(Cc3ccccc3Cl)CCOC(C)(C)C2)cc1. The van der Waals surface area contributed by atoms with Crippen LogP contribution in [0.25, 0.3) is 0 Å². The molecule has 4 heteroatoms. The molecule has 1 saturated heterocycles. The Hall–Kier alpha value is -1.55. The molecule has 30 heavy (non-hydrogen) atoms. The molecule has 3 nitrogen and oxygen atoms in total. The standard InChI is InChI=1S/C26H36ClNO2/c1-20(2)30-23-11-9-21(10-12-23)18-28-15-13-26(14-16-29-25(3,4)19-26)17-22-7-5-6-8-24(22)27/h5-12,20,28H,13-19H2,1-4H3/p+1/t26-/m0/s1. The van der Waals surface area contributed by atoms with Crippen LogP contribution in [0.2, 0.25) is 5.02 Å². The molecule has 0 radical (unpaired) electrons. The third-order valence-electron chi connectivity index (χ3n) is 6.00. The van der Waals surface area contributed by atoms with Crippen molar-refractivity contribution >= 4 is 11.6 Å². The van der Waals surface area contributed by atoms with Crippen LogP contribution in [-0.2, 0) is 17.7 Å². The summed E-state index contributed by atoms with van der Waals surface area (Å²) < 4.78 is 11.8. The van der Waals surface area contributed by atoms with E-state index in [2.05, 4.69) is 69.4 Å². The van der Waals surface area contributed by atoms with E-state index in [1.807, 2.05) is 12.1 Å². The van der Waals surface area contributed by atoms with Crippen molar-refractivity contribution in [1.29, 1.82) is 0 Å². The first-order valence-electron chi connectivity index (χ1n) is 11.2. The smallest absolute Gasteiger partial charge is 0.119 e. The Balaban J connectivity index is 1.59. The summed E-state index contributed by atoms with van der Waals surface area (Å²) in [7, 11) is 0. The van der Waals surface area contributed by atoms with Crippen LogP contribution in [-0.4, -0.2) is 24.9 Å². The van der Waals surface area contributed by atoms with Crippen LogP contribution in [0.15, 0.2) is 48.5 Å². The van der Waals surface area contributed by atoms with Gasteiger partial charge in [-0.1, -0.05) is 29.8 Å². The molecule has 2 N–H and O–H groups in total. The maximum absolute atomic E-state index is 6.51. The second-order valence-corrected chi connectivity index (χ2v) is 10.1. The zero-order chi connectivity index (χ0) is 21.6. The van der Waals surface area contributed by atoms with Gasteiger partial charge < -0.3 is 14.8 Å². The van der Waals surface area contributed by atoms with Crippen molar-refractivity contribution in [3.8, 4) is 5.75 Å². The maximum Gasteiger partial charge on any atom is 0.119 e. The van der Waals surface area contributed by atoms with E-state index in [1.54, 1.807) is 0 Å². The van der Waals surface area contributed by atoms with Crippen molar-refractivity contribution in [1.82, 2.24) is 0 Å². The first kappa shape index (κ1) is 23.1. The quantitative estimate of drug-likeness (QED) is 0.540. The second-order valence-electron chi connectivity index (χ2n) is 9.65. The minimum Gasteiger partial charge on any atom is -0.491 e. The summed E-state index contributed by atoms with van der Waals surface area (Å²) in [5.41, 5.74) is 2.75. The Morgan fingerprint density at radius 1 is 1.10 bits per heavy atom. The lowest BCUT2D eigenvalue weighted by atomic mass is 9.68. The maximum atomic E-state index is 6.51. The van der Waals surface area contributed by atoms with Gasteiger partial charge >= 0.3 is 0 Å². The first-order valence-corrected chi connectivity index (χ1v) is 11.6. The molecule has 1 atom stereocenters.